The highest BCUT2D eigenvalue weighted by Crippen LogP contribution is 2.62. The summed E-state index contributed by atoms with van der Waals surface area (Å²) in [5.74, 6) is -1.05. The van der Waals surface area contributed by atoms with E-state index in [0.29, 0.717) is 79.5 Å². The summed E-state index contributed by atoms with van der Waals surface area (Å²) in [6.45, 7) is 7.35. The van der Waals surface area contributed by atoms with E-state index in [2.05, 4.69) is 24.9 Å². The van der Waals surface area contributed by atoms with Crippen LogP contribution in [0.3, 0.4) is 0 Å². The maximum atomic E-state index is 15.3. The first kappa shape index (κ1) is 58.0. The Kier molecular flexibility index (Phi) is 21.6. The lowest BCUT2D eigenvalue weighted by molar-refractivity contribution is -0.384. The van der Waals surface area contributed by atoms with Crippen LogP contribution in [0.25, 0.3) is 0 Å². The quantitative estimate of drug-likeness (QED) is 0.0245. The number of benzene rings is 3. The van der Waals surface area contributed by atoms with Gasteiger partial charge in [0.25, 0.3) is 5.69 Å². The number of rotatable bonds is 30. The Hall–Kier alpha value is -6.21. The minimum absolute atomic E-state index is 0.00596. The third-order valence-corrected chi connectivity index (χ3v) is 15.7. The second-order valence-corrected chi connectivity index (χ2v) is 21.1. The minimum Gasteiger partial charge on any atom is -0.459 e. The number of aliphatic hydroxyl groups excluding tert-OH is 2. The van der Waals surface area contributed by atoms with Gasteiger partial charge in [-0.2, -0.15) is 0 Å². The third-order valence-electron chi connectivity index (χ3n) is 15.7. The van der Waals surface area contributed by atoms with Crippen molar-refractivity contribution in [3.63, 3.8) is 0 Å². The first-order valence-corrected chi connectivity index (χ1v) is 28.6. The fourth-order valence-corrected chi connectivity index (χ4v) is 11.9. The smallest absolute Gasteiger partial charge is 0.416 e. The van der Waals surface area contributed by atoms with E-state index in [4.69, 9.17) is 43.2 Å². The molecule has 3 heterocycles. The molecule has 2 fully saturated rings. The molecule has 3 aromatic carbocycles. The zero-order valence-electron chi connectivity index (χ0n) is 45.3. The molecule has 18 heteroatoms. The number of nitro groups is 1. The van der Waals surface area contributed by atoms with Gasteiger partial charge < -0.3 is 53.5 Å². The van der Waals surface area contributed by atoms with Crippen LogP contribution in [-0.2, 0) is 20.9 Å². The lowest BCUT2D eigenvalue weighted by atomic mass is 9.55. The molecule has 3 aromatic rings. The summed E-state index contributed by atoms with van der Waals surface area (Å²) in [4.78, 5) is 47.9. The number of hydrogen-bond donors (Lipinski definition) is 3. The van der Waals surface area contributed by atoms with E-state index < -0.39 is 47.1 Å². The van der Waals surface area contributed by atoms with Gasteiger partial charge in [0.1, 0.15) is 23.3 Å². The first-order chi connectivity index (χ1) is 38.2. The number of nitro benzene ring substituents is 1. The zero-order chi connectivity index (χ0) is 54.7. The highest BCUT2D eigenvalue weighted by atomic mass is 16.8. The van der Waals surface area contributed by atoms with Crippen molar-refractivity contribution in [2.24, 2.45) is 22.9 Å². The van der Waals surface area contributed by atoms with E-state index in [1.807, 2.05) is 18.2 Å². The van der Waals surface area contributed by atoms with Gasteiger partial charge in [0.05, 0.1) is 29.8 Å². The van der Waals surface area contributed by atoms with Crippen molar-refractivity contribution in [2.45, 2.75) is 166 Å². The van der Waals surface area contributed by atoms with Gasteiger partial charge in [0, 0.05) is 62.8 Å². The molecule has 0 spiro atoms. The Morgan fingerprint density at radius 1 is 0.859 bits per heavy atom. The SMILES string of the molecule is C=CCOC12Oc3ccc(OC(=O)NCCCCCCCCCCCC)cc3C3C(CCCCO)C(CCCCO)C=C(C(=NOC4CCCCO4)CC1N(Cc1ccc4c(c1)OCO4)C(=O)Oc1ccc([N+](=O)[O-])cc1)C32. The molecule has 1 saturated heterocycles. The van der Waals surface area contributed by atoms with Crippen LogP contribution in [0.15, 0.2) is 90.1 Å². The standard InChI is InChI=1S/C60H80N4O14/c1-3-5-6-7-8-9-10-11-12-16-31-61-58(67)75-46-28-30-51-49(38-46)56-47(21-14-18-33-66)43(20-13-17-32-65)37-48-50(62-78-55-22-15-19-35-71-55)39-54(60(77-51,57(48)56)74-34-4-2)63(40-42-23-29-52-53(36-42)73-41-72-52)59(68)76-45-26-24-44(25-27-45)64(69)70/h4,23-30,36-38,43,47,54-57,65-66H,2-3,5-22,31-35,39-41H2,1H3,(H,61,67). The molecule has 18 nitrogen and oxygen atoms in total. The van der Waals surface area contributed by atoms with E-state index >= 15 is 4.79 Å². The molecule has 3 aliphatic heterocycles. The molecule has 424 valence electrons. The minimum atomic E-state index is -1.68. The molecule has 5 aliphatic rings. The number of allylic oxidation sites excluding steroid dienone is 1. The Labute approximate surface area is 458 Å². The van der Waals surface area contributed by atoms with Gasteiger partial charge in [0.15, 0.2) is 11.5 Å². The Bertz CT molecular complexity index is 2510. The van der Waals surface area contributed by atoms with E-state index in [0.717, 1.165) is 56.1 Å². The van der Waals surface area contributed by atoms with Gasteiger partial charge in [-0.3, -0.25) is 15.0 Å². The van der Waals surface area contributed by atoms with Gasteiger partial charge in [-0.05, 0) is 110 Å². The number of fused-ring (bicyclic) bond motifs is 3. The molecule has 8 rings (SSSR count). The predicted octanol–water partition coefficient (Wildman–Crippen LogP) is 12.2. The molecule has 2 amide bonds. The van der Waals surface area contributed by atoms with Crippen molar-refractivity contribution in [2.75, 3.05) is 39.8 Å². The Morgan fingerprint density at radius 2 is 1.58 bits per heavy atom. The van der Waals surface area contributed by atoms with E-state index in [1.165, 1.54) is 69.2 Å². The molecule has 2 aliphatic carbocycles. The predicted molar refractivity (Wildman–Crippen MR) is 293 cm³/mol. The summed E-state index contributed by atoms with van der Waals surface area (Å²) in [7, 11) is 0. The molecular weight excluding hydrogens is 1000 g/mol. The van der Waals surface area contributed by atoms with Crippen LogP contribution in [0, 0.1) is 27.9 Å². The van der Waals surface area contributed by atoms with Crippen LogP contribution in [-0.4, -0.2) is 95.8 Å². The number of oxime groups is 1. The Morgan fingerprint density at radius 3 is 2.29 bits per heavy atom. The van der Waals surface area contributed by atoms with Crippen molar-refractivity contribution >= 4 is 23.6 Å². The maximum absolute atomic E-state index is 15.3. The highest BCUT2D eigenvalue weighted by molar-refractivity contribution is 6.03. The first-order valence-electron chi connectivity index (χ1n) is 28.6. The number of aliphatic hydroxyl groups is 2. The van der Waals surface area contributed by atoms with Gasteiger partial charge in [-0.25, -0.2) is 9.59 Å². The maximum Gasteiger partial charge on any atom is 0.416 e. The van der Waals surface area contributed by atoms with E-state index in [-0.39, 0.29) is 62.9 Å². The molecule has 78 heavy (non-hydrogen) atoms. The summed E-state index contributed by atoms with van der Waals surface area (Å²) >= 11 is 0. The number of nitrogens with zero attached hydrogens (tertiary/aromatic N) is 3. The second kappa shape index (κ2) is 29.1. The van der Waals surface area contributed by atoms with Crippen molar-refractivity contribution in [3.05, 3.63) is 106 Å². The number of carbonyl (C=O) groups is 2. The summed E-state index contributed by atoms with van der Waals surface area (Å²) in [5.41, 5.74) is 2.63. The van der Waals surface area contributed by atoms with Crippen LogP contribution in [0.1, 0.15) is 152 Å². The van der Waals surface area contributed by atoms with Gasteiger partial charge in [0.2, 0.25) is 18.9 Å². The molecule has 3 N–H and O–H groups in total. The van der Waals surface area contributed by atoms with Gasteiger partial charge in [-0.15, -0.1) is 6.58 Å². The van der Waals surface area contributed by atoms with Crippen LogP contribution in [0.5, 0.6) is 28.7 Å². The third kappa shape index (κ3) is 14.7. The zero-order valence-corrected chi connectivity index (χ0v) is 45.3. The van der Waals surface area contributed by atoms with Crippen molar-refractivity contribution in [3.8, 4) is 28.7 Å². The van der Waals surface area contributed by atoms with Crippen molar-refractivity contribution < 1.29 is 62.7 Å². The number of unbranched alkanes of at least 4 members (excludes halogenated alkanes) is 11. The van der Waals surface area contributed by atoms with Gasteiger partial charge >= 0.3 is 12.2 Å². The Balaban J connectivity index is 1.21. The highest BCUT2D eigenvalue weighted by Gasteiger charge is 2.66. The average Bonchev–Trinajstić information content (AvgIpc) is 2.84. The molecule has 1 saturated carbocycles. The average molecular weight is 1080 g/mol. The fraction of sp³-hybridized carbons (Fsp3) is 0.583. The molecule has 7 atom stereocenters. The number of carbonyl (C=O) groups excluding carboxylic acids is 2. The number of ether oxygens (including phenoxy) is 7. The van der Waals surface area contributed by atoms with Crippen LogP contribution in [0.2, 0.25) is 0 Å². The largest absolute Gasteiger partial charge is 0.459 e. The van der Waals surface area contributed by atoms with Crippen molar-refractivity contribution in [1.29, 1.82) is 0 Å². The fourth-order valence-electron chi connectivity index (χ4n) is 11.9. The molecule has 0 bridgehead atoms. The summed E-state index contributed by atoms with van der Waals surface area (Å²) < 4.78 is 44.3. The number of non-ortho nitro benzene ring substituents is 1. The van der Waals surface area contributed by atoms with Crippen LogP contribution < -0.4 is 29.0 Å². The number of hydrogen-bond acceptors (Lipinski definition) is 15. The molecule has 0 radical (unpaired) electrons. The second-order valence-electron chi connectivity index (χ2n) is 21.1. The van der Waals surface area contributed by atoms with E-state index in [9.17, 15) is 25.1 Å². The lowest BCUT2D eigenvalue weighted by Gasteiger charge is -2.59. The molecule has 7 unspecified atom stereocenters. The topological polar surface area (TPSA) is 219 Å². The lowest BCUT2D eigenvalue weighted by Crippen LogP contribution is -2.70. The summed E-state index contributed by atoms with van der Waals surface area (Å²) in [5, 5.41) is 39.8. The molecular formula is C60H80N4O14. The normalized spacial score (nSPS) is 23.3. The van der Waals surface area contributed by atoms with E-state index in [1.54, 1.807) is 29.2 Å². The number of amides is 2. The summed E-state index contributed by atoms with van der Waals surface area (Å²) in [6.07, 6.45) is 20.3. The van der Waals surface area contributed by atoms with Crippen LogP contribution >= 0.6 is 0 Å². The number of nitrogens with one attached hydrogen (secondary N) is 1. The van der Waals surface area contributed by atoms with Crippen molar-refractivity contribution in [1.82, 2.24) is 10.2 Å². The molecule has 0 aromatic heterocycles. The van der Waals surface area contributed by atoms with Crippen LogP contribution in [0.4, 0.5) is 15.3 Å². The summed E-state index contributed by atoms with van der Waals surface area (Å²) in [6, 6.07) is 15.1. The monoisotopic (exact) mass is 1080 g/mol. The van der Waals surface area contributed by atoms with Gasteiger partial charge in [-0.1, -0.05) is 101 Å².